The van der Waals surface area contributed by atoms with E-state index in [1.165, 1.54) is 0 Å². The molecular formula is C6H9N3O. The third-order valence-corrected chi connectivity index (χ3v) is 1.12. The summed E-state index contributed by atoms with van der Waals surface area (Å²) in [5.74, 6) is -0.332. The van der Waals surface area contributed by atoms with Gasteiger partial charge < -0.3 is 10.6 Å². The molecule has 4 heteroatoms. The lowest BCUT2D eigenvalue weighted by molar-refractivity contribution is -0.118. The fourth-order valence-electron chi connectivity index (χ4n) is 0.729. The lowest BCUT2D eigenvalue weighted by atomic mass is 10.4. The number of primary amides is 1. The van der Waals surface area contributed by atoms with Gasteiger partial charge in [0, 0.05) is 12.7 Å². The first-order chi connectivity index (χ1) is 4.79. The SMILES string of the molecule is NC(=O)CN1C=NC=CC1. The molecule has 0 unspecified atom stereocenters. The van der Waals surface area contributed by atoms with E-state index >= 15 is 0 Å². The van der Waals surface area contributed by atoms with E-state index in [1.807, 2.05) is 6.08 Å². The summed E-state index contributed by atoms with van der Waals surface area (Å²) in [6, 6.07) is 0. The highest BCUT2D eigenvalue weighted by molar-refractivity contribution is 5.78. The van der Waals surface area contributed by atoms with Crippen molar-refractivity contribution in [1.29, 1.82) is 0 Å². The highest BCUT2D eigenvalue weighted by Gasteiger charge is 2.02. The predicted octanol–water partition coefficient (Wildman–Crippen LogP) is -0.671. The van der Waals surface area contributed by atoms with Crippen LogP contribution < -0.4 is 5.73 Å². The van der Waals surface area contributed by atoms with Gasteiger partial charge in [0.1, 0.15) is 0 Å². The zero-order valence-corrected chi connectivity index (χ0v) is 5.53. The van der Waals surface area contributed by atoms with Gasteiger partial charge in [0.05, 0.1) is 12.9 Å². The van der Waals surface area contributed by atoms with Crippen LogP contribution in [0.4, 0.5) is 0 Å². The average molecular weight is 139 g/mol. The first-order valence-electron chi connectivity index (χ1n) is 2.99. The molecule has 0 saturated carbocycles. The maximum Gasteiger partial charge on any atom is 0.236 e. The zero-order chi connectivity index (χ0) is 7.40. The van der Waals surface area contributed by atoms with Crippen LogP contribution in [-0.2, 0) is 4.79 Å². The van der Waals surface area contributed by atoms with Gasteiger partial charge in [-0.05, 0) is 6.08 Å². The van der Waals surface area contributed by atoms with E-state index in [0.717, 1.165) is 0 Å². The smallest absolute Gasteiger partial charge is 0.236 e. The first kappa shape index (κ1) is 6.80. The molecule has 4 nitrogen and oxygen atoms in total. The molecule has 1 amide bonds. The maximum absolute atomic E-state index is 10.4. The summed E-state index contributed by atoms with van der Waals surface area (Å²) in [5, 5.41) is 0. The zero-order valence-electron chi connectivity index (χ0n) is 5.53. The molecule has 2 N–H and O–H groups in total. The Balaban J connectivity index is 2.37. The largest absolute Gasteiger partial charge is 0.368 e. The van der Waals surface area contributed by atoms with Gasteiger partial charge in [0.25, 0.3) is 0 Å². The van der Waals surface area contributed by atoms with Crippen LogP contribution in [0.15, 0.2) is 17.3 Å². The van der Waals surface area contributed by atoms with Crippen molar-refractivity contribution < 1.29 is 4.79 Å². The first-order valence-corrected chi connectivity index (χ1v) is 2.99. The fourth-order valence-corrected chi connectivity index (χ4v) is 0.729. The van der Waals surface area contributed by atoms with Gasteiger partial charge in [-0.15, -0.1) is 0 Å². The van der Waals surface area contributed by atoms with Gasteiger partial charge in [-0.25, -0.2) is 4.99 Å². The van der Waals surface area contributed by atoms with E-state index in [0.29, 0.717) is 6.54 Å². The van der Waals surface area contributed by atoms with Crippen LogP contribution in [0.2, 0.25) is 0 Å². The van der Waals surface area contributed by atoms with Crippen molar-refractivity contribution in [1.82, 2.24) is 4.90 Å². The van der Waals surface area contributed by atoms with Gasteiger partial charge in [0.2, 0.25) is 5.91 Å². The minimum Gasteiger partial charge on any atom is -0.368 e. The van der Waals surface area contributed by atoms with Crippen LogP contribution >= 0.6 is 0 Å². The second-order valence-electron chi connectivity index (χ2n) is 2.05. The number of aliphatic imine (C=N–C) groups is 1. The molecule has 0 aromatic heterocycles. The predicted molar refractivity (Wildman–Crippen MR) is 38.4 cm³/mol. The van der Waals surface area contributed by atoms with Crippen molar-refractivity contribution >= 4 is 12.2 Å². The van der Waals surface area contributed by atoms with Gasteiger partial charge in [0.15, 0.2) is 0 Å². The van der Waals surface area contributed by atoms with Gasteiger partial charge in [-0.1, -0.05) is 0 Å². The molecule has 0 saturated heterocycles. The molecule has 0 radical (unpaired) electrons. The van der Waals surface area contributed by atoms with Gasteiger partial charge in [-0.3, -0.25) is 4.79 Å². The molecule has 1 aliphatic heterocycles. The Morgan fingerprint density at radius 3 is 3.10 bits per heavy atom. The highest BCUT2D eigenvalue weighted by atomic mass is 16.1. The fraction of sp³-hybridized carbons (Fsp3) is 0.333. The van der Waals surface area contributed by atoms with Gasteiger partial charge >= 0.3 is 0 Å². The van der Waals surface area contributed by atoms with Crippen molar-refractivity contribution in [2.45, 2.75) is 0 Å². The van der Waals surface area contributed by atoms with Crippen molar-refractivity contribution in [2.75, 3.05) is 13.1 Å². The van der Waals surface area contributed by atoms with E-state index < -0.39 is 0 Å². The molecule has 10 heavy (non-hydrogen) atoms. The van der Waals surface area contributed by atoms with E-state index in [1.54, 1.807) is 17.4 Å². The van der Waals surface area contributed by atoms with Crippen molar-refractivity contribution in [3.63, 3.8) is 0 Å². The van der Waals surface area contributed by atoms with Crippen LogP contribution in [-0.4, -0.2) is 30.2 Å². The standard InChI is InChI=1S/C6H9N3O/c7-6(10)4-9-3-1-2-8-5-9/h1-2,5H,3-4H2,(H2,7,10). The molecule has 1 rings (SSSR count). The monoisotopic (exact) mass is 139 g/mol. The van der Waals surface area contributed by atoms with Crippen LogP contribution in [0.25, 0.3) is 0 Å². The lowest BCUT2D eigenvalue weighted by Crippen LogP contribution is -2.33. The summed E-state index contributed by atoms with van der Waals surface area (Å²) in [6.07, 6.45) is 5.16. The second kappa shape index (κ2) is 3.00. The summed E-state index contributed by atoms with van der Waals surface area (Å²) in [5.41, 5.74) is 4.96. The van der Waals surface area contributed by atoms with E-state index in [9.17, 15) is 4.79 Å². The van der Waals surface area contributed by atoms with Gasteiger partial charge in [-0.2, -0.15) is 0 Å². The molecule has 0 bridgehead atoms. The Labute approximate surface area is 59.0 Å². The Kier molecular flexibility index (Phi) is 2.04. The number of nitrogens with two attached hydrogens (primary N) is 1. The average Bonchev–Trinajstić information content (AvgIpc) is 1.88. The van der Waals surface area contributed by atoms with E-state index in [4.69, 9.17) is 5.73 Å². The minimum absolute atomic E-state index is 0.244. The van der Waals surface area contributed by atoms with Crippen LogP contribution in [0.3, 0.4) is 0 Å². The number of hydrogen-bond donors (Lipinski definition) is 1. The number of carbonyl (C=O) groups is 1. The van der Waals surface area contributed by atoms with Crippen molar-refractivity contribution in [2.24, 2.45) is 10.7 Å². The van der Waals surface area contributed by atoms with Crippen LogP contribution in [0.1, 0.15) is 0 Å². The number of hydrogen-bond acceptors (Lipinski definition) is 3. The molecule has 0 aromatic rings. The second-order valence-corrected chi connectivity index (χ2v) is 2.05. The Hall–Kier alpha value is -1.32. The molecular weight excluding hydrogens is 130 g/mol. The summed E-state index contributed by atoms with van der Waals surface area (Å²) in [7, 11) is 0. The molecule has 0 spiro atoms. The Morgan fingerprint density at radius 1 is 1.80 bits per heavy atom. The minimum atomic E-state index is -0.332. The Morgan fingerprint density at radius 2 is 2.60 bits per heavy atom. The summed E-state index contributed by atoms with van der Waals surface area (Å²) in [6.45, 7) is 0.959. The topological polar surface area (TPSA) is 58.7 Å². The number of carbonyl (C=O) groups excluding carboxylic acids is 1. The molecule has 0 aromatic carbocycles. The van der Waals surface area contributed by atoms with Crippen molar-refractivity contribution in [3.8, 4) is 0 Å². The number of rotatable bonds is 2. The summed E-state index contributed by atoms with van der Waals surface area (Å²) in [4.78, 5) is 15.9. The quantitative estimate of drug-likeness (QED) is 0.551. The highest BCUT2D eigenvalue weighted by Crippen LogP contribution is 1.90. The third kappa shape index (κ3) is 1.89. The van der Waals surface area contributed by atoms with Crippen molar-refractivity contribution in [3.05, 3.63) is 12.3 Å². The molecule has 0 aliphatic carbocycles. The maximum atomic E-state index is 10.4. The molecule has 54 valence electrons. The Bertz CT molecular complexity index is 185. The van der Waals surface area contributed by atoms with E-state index in [2.05, 4.69) is 4.99 Å². The molecule has 1 heterocycles. The van der Waals surface area contributed by atoms with Crippen LogP contribution in [0, 0.1) is 0 Å². The lowest BCUT2D eigenvalue weighted by Gasteiger charge is -2.16. The summed E-state index contributed by atoms with van der Waals surface area (Å²) < 4.78 is 0. The molecule has 1 aliphatic rings. The molecule has 0 atom stereocenters. The third-order valence-electron chi connectivity index (χ3n) is 1.12. The van der Waals surface area contributed by atoms with Crippen LogP contribution in [0.5, 0.6) is 0 Å². The summed E-state index contributed by atoms with van der Waals surface area (Å²) >= 11 is 0. The number of nitrogens with zero attached hydrogens (tertiary/aromatic N) is 2. The van der Waals surface area contributed by atoms with E-state index in [-0.39, 0.29) is 12.5 Å². The number of amides is 1. The molecule has 0 fully saturated rings. The normalized spacial score (nSPS) is 15.8.